The minimum absolute atomic E-state index is 0.182. The fraction of sp³-hybridized carbons (Fsp3) is 0.600. The van der Waals surface area contributed by atoms with Gasteiger partial charge in [-0.15, -0.1) is 0 Å². The van der Waals surface area contributed by atoms with Gasteiger partial charge in [0.25, 0.3) is 0 Å². The van der Waals surface area contributed by atoms with Gasteiger partial charge in [-0.2, -0.15) is 0 Å². The van der Waals surface area contributed by atoms with Crippen LogP contribution in [0.2, 0.25) is 0 Å². The highest BCUT2D eigenvalue weighted by atomic mass is 16.5. The average molecular weight is 262 g/mol. The number of ether oxygens (including phenoxy) is 1. The molecule has 0 bridgehead atoms. The van der Waals surface area contributed by atoms with Crippen LogP contribution in [0.1, 0.15) is 37.9 Å². The van der Waals surface area contributed by atoms with E-state index >= 15 is 0 Å². The molecule has 4 heteroatoms. The normalized spacial score (nSPS) is 13.2. The van der Waals surface area contributed by atoms with Crippen LogP contribution >= 0.6 is 0 Å². The van der Waals surface area contributed by atoms with Gasteiger partial charge in [-0.05, 0) is 44.2 Å². The summed E-state index contributed by atoms with van der Waals surface area (Å²) < 4.78 is 5.02. The second-order valence-corrected chi connectivity index (χ2v) is 4.86. The maximum Gasteiger partial charge on any atom is 0.325 e. The fourth-order valence-corrected chi connectivity index (χ4v) is 2.49. The lowest BCUT2D eigenvalue weighted by atomic mass is 10.2. The molecule has 0 atom stereocenters. The summed E-state index contributed by atoms with van der Waals surface area (Å²) in [7, 11) is 0. The quantitative estimate of drug-likeness (QED) is 0.738. The third-order valence-electron chi connectivity index (χ3n) is 3.36. The lowest BCUT2D eigenvalue weighted by Gasteiger charge is -2.22. The zero-order valence-corrected chi connectivity index (χ0v) is 11.8. The molecule has 0 saturated carbocycles. The van der Waals surface area contributed by atoms with E-state index in [1.807, 2.05) is 17.9 Å². The average Bonchev–Trinajstić information content (AvgIpc) is 2.85. The van der Waals surface area contributed by atoms with Crippen LogP contribution in [0.5, 0.6) is 0 Å². The number of fused-ring (bicyclic) bond motifs is 1. The van der Waals surface area contributed by atoms with Crippen molar-refractivity contribution in [1.82, 2.24) is 4.98 Å². The van der Waals surface area contributed by atoms with Gasteiger partial charge >= 0.3 is 5.97 Å². The second kappa shape index (κ2) is 6.55. The Morgan fingerprint density at radius 1 is 1.37 bits per heavy atom. The Labute approximate surface area is 114 Å². The van der Waals surface area contributed by atoms with Crippen LogP contribution in [0.15, 0.2) is 12.1 Å². The molecular weight excluding hydrogens is 240 g/mol. The van der Waals surface area contributed by atoms with E-state index in [9.17, 15) is 4.79 Å². The molecule has 1 aliphatic carbocycles. The molecule has 4 nitrogen and oxygen atoms in total. The van der Waals surface area contributed by atoms with Crippen molar-refractivity contribution in [2.45, 2.75) is 39.5 Å². The third kappa shape index (κ3) is 3.46. The van der Waals surface area contributed by atoms with Gasteiger partial charge in [-0.25, -0.2) is 4.98 Å². The molecule has 0 N–H and O–H groups in total. The Balaban J connectivity index is 2.11. The SMILES string of the molecule is CCCN(CC(=O)OCC)c1ccc2c(n1)CCC2. The summed E-state index contributed by atoms with van der Waals surface area (Å²) >= 11 is 0. The van der Waals surface area contributed by atoms with E-state index in [4.69, 9.17) is 9.72 Å². The van der Waals surface area contributed by atoms with Crippen molar-refractivity contribution in [2.75, 3.05) is 24.6 Å². The summed E-state index contributed by atoms with van der Waals surface area (Å²) in [6, 6.07) is 4.18. The van der Waals surface area contributed by atoms with Crippen LogP contribution in [0.3, 0.4) is 0 Å². The highest BCUT2D eigenvalue weighted by molar-refractivity contribution is 5.75. The van der Waals surface area contributed by atoms with E-state index in [0.29, 0.717) is 6.61 Å². The van der Waals surface area contributed by atoms with Crippen molar-refractivity contribution < 1.29 is 9.53 Å². The van der Waals surface area contributed by atoms with E-state index in [2.05, 4.69) is 13.0 Å². The van der Waals surface area contributed by atoms with E-state index in [1.165, 1.54) is 17.7 Å². The van der Waals surface area contributed by atoms with Crippen molar-refractivity contribution in [1.29, 1.82) is 0 Å². The number of anilines is 1. The number of esters is 1. The van der Waals surface area contributed by atoms with Crippen LogP contribution in [0, 0.1) is 0 Å². The van der Waals surface area contributed by atoms with Gasteiger partial charge < -0.3 is 9.64 Å². The van der Waals surface area contributed by atoms with Gasteiger partial charge in [0.05, 0.1) is 6.61 Å². The molecule has 0 unspecified atom stereocenters. The molecule has 19 heavy (non-hydrogen) atoms. The first-order chi connectivity index (χ1) is 9.24. The Morgan fingerprint density at radius 3 is 2.95 bits per heavy atom. The standard InChI is InChI=1S/C15H22N2O2/c1-3-10-17(11-15(18)19-4-2)14-9-8-12-6-5-7-13(12)16-14/h8-9H,3-7,10-11H2,1-2H3. The number of carbonyl (C=O) groups excluding carboxylic acids is 1. The number of aromatic nitrogens is 1. The monoisotopic (exact) mass is 262 g/mol. The number of carbonyl (C=O) groups is 1. The highest BCUT2D eigenvalue weighted by Gasteiger charge is 2.17. The number of pyridine rings is 1. The van der Waals surface area contributed by atoms with Crippen LogP contribution < -0.4 is 4.90 Å². The lowest BCUT2D eigenvalue weighted by molar-refractivity contribution is -0.141. The third-order valence-corrected chi connectivity index (χ3v) is 3.36. The summed E-state index contributed by atoms with van der Waals surface area (Å²) in [6.07, 6.45) is 4.37. The number of nitrogens with zero attached hydrogens (tertiary/aromatic N) is 2. The molecule has 1 heterocycles. The van der Waals surface area contributed by atoms with Crippen LogP contribution in [0.4, 0.5) is 5.82 Å². The molecular formula is C15H22N2O2. The molecule has 1 aromatic heterocycles. The molecule has 2 rings (SSSR count). The summed E-state index contributed by atoms with van der Waals surface area (Å²) in [4.78, 5) is 18.4. The summed E-state index contributed by atoms with van der Waals surface area (Å²) in [5.41, 5.74) is 2.55. The molecule has 1 aliphatic rings. The summed E-state index contributed by atoms with van der Waals surface area (Å²) in [5.74, 6) is 0.716. The van der Waals surface area contributed by atoms with Gasteiger partial charge in [-0.3, -0.25) is 4.79 Å². The van der Waals surface area contributed by atoms with E-state index in [1.54, 1.807) is 0 Å². The van der Waals surface area contributed by atoms with Crippen molar-refractivity contribution in [3.8, 4) is 0 Å². The van der Waals surface area contributed by atoms with Crippen molar-refractivity contribution in [3.63, 3.8) is 0 Å². The Morgan fingerprint density at radius 2 is 2.21 bits per heavy atom. The Bertz CT molecular complexity index is 446. The second-order valence-electron chi connectivity index (χ2n) is 4.86. The van der Waals surface area contributed by atoms with E-state index < -0.39 is 0 Å². The predicted molar refractivity (Wildman–Crippen MR) is 75.4 cm³/mol. The first-order valence-corrected chi connectivity index (χ1v) is 7.14. The van der Waals surface area contributed by atoms with Crippen LogP contribution in [-0.4, -0.2) is 30.6 Å². The van der Waals surface area contributed by atoms with Crippen molar-refractivity contribution in [2.24, 2.45) is 0 Å². The lowest BCUT2D eigenvalue weighted by Crippen LogP contribution is -2.32. The molecule has 0 radical (unpaired) electrons. The van der Waals surface area contributed by atoms with E-state index in [0.717, 1.165) is 31.6 Å². The molecule has 1 aromatic rings. The van der Waals surface area contributed by atoms with Gasteiger partial charge in [0.1, 0.15) is 12.4 Å². The molecule has 0 spiro atoms. The number of hydrogen-bond donors (Lipinski definition) is 0. The molecule has 0 aliphatic heterocycles. The topological polar surface area (TPSA) is 42.4 Å². The van der Waals surface area contributed by atoms with Crippen LogP contribution in [0.25, 0.3) is 0 Å². The molecule has 0 saturated heterocycles. The Hall–Kier alpha value is -1.58. The maximum absolute atomic E-state index is 11.6. The summed E-state index contributed by atoms with van der Waals surface area (Å²) in [5, 5.41) is 0. The smallest absolute Gasteiger partial charge is 0.325 e. The molecule has 0 aromatic carbocycles. The van der Waals surface area contributed by atoms with E-state index in [-0.39, 0.29) is 12.5 Å². The summed E-state index contributed by atoms with van der Waals surface area (Å²) in [6.45, 7) is 5.47. The number of aryl methyl sites for hydroxylation is 2. The van der Waals surface area contributed by atoms with Gasteiger partial charge in [0.15, 0.2) is 0 Å². The van der Waals surface area contributed by atoms with Gasteiger partial charge in [0.2, 0.25) is 0 Å². The van der Waals surface area contributed by atoms with Crippen LogP contribution in [-0.2, 0) is 22.4 Å². The zero-order chi connectivity index (χ0) is 13.7. The highest BCUT2D eigenvalue weighted by Crippen LogP contribution is 2.23. The largest absolute Gasteiger partial charge is 0.465 e. The maximum atomic E-state index is 11.6. The first-order valence-electron chi connectivity index (χ1n) is 7.14. The predicted octanol–water partition coefficient (Wildman–Crippen LogP) is 2.35. The first kappa shape index (κ1) is 13.8. The van der Waals surface area contributed by atoms with Gasteiger partial charge in [0, 0.05) is 12.2 Å². The zero-order valence-electron chi connectivity index (χ0n) is 11.8. The number of rotatable bonds is 6. The van der Waals surface area contributed by atoms with Crippen molar-refractivity contribution >= 4 is 11.8 Å². The minimum atomic E-state index is -0.182. The van der Waals surface area contributed by atoms with Gasteiger partial charge in [-0.1, -0.05) is 13.0 Å². The molecule has 0 amide bonds. The molecule has 104 valence electrons. The minimum Gasteiger partial charge on any atom is -0.465 e. The molecule has 0 fully saturated rings. The Kier molecular flexibility index (Phi) is 4.77. The number of hydrogen-bond acceptors (Lipinski definition) is 4. The fourth-order valence-electron chi connectivity index (χ4n) is 2.49. The van der Waals surface area contributed by atoms with Crippen molar-refractivity contribution in [3.05, 3.63) is 23.4 Å².